The second kappa shape index (κ2) is 37.7. The number of hydrogen-bond donors (Lipinski definition) is 8. The maximum atomic E-state index is 13.8. The van der Waals surface area contributed by atoms with Gasteiger partial charge in [-0.1, -0.05) is 194 Å². The van der Waals surface area contributed by atoms with Gasteiger partial charge >= 0.3 is 0 Å². The van der Waals surface area contributed by atoms with Crippen LogP contribution in [0.3, 0.4) is 0 Å². The van der Waals surface area contributed by atoms with Gasteiger partial charge in [-0.05, 0) is 12.8 Å². The van der Waals surface area contributed by atoms with Crippen molar-refractivity contribution >= 4 is 23.1 Å². The lowest BCUT2D eigenvalue weighted by Gasteiger charge is -2.37. The first-order valence-corrected chi connectivity index (χ1v) is 24.3. The number of aliphatic hydroxyl groups excluding tert-OH is 8. The Hall–Kier alpha value is -1.68. The van der Waals surface area contributed by atoms with Gasteiger partial charge in [-0.3, -0.25) is 19.2 Å². The zero-order valence-electron chi connectivity index (χ0n) is 38.4. The van der Waals surface area contributed by atoms with E-state index in [2.05, 4.69) is 13.8 Å². The van der Waals surface area contributed by atoms with Crippen LogP contribution in [0.5, 0.6) is 0 Å². The van der Waals surface area contributed by atoms with Crippen LogP contribution >= 0.6 is 0 Å². The van der Waals surface area contributed by atoms with Crippen molar-refractivity contribution < 1.29 is 64.8 Å². The van der Waals surface area contributed by atoms with Crippen LogP contribution in [-0.4, -0.2) is 128 Å². The van der Waals surface area contributed by atoms with Gasteiger partial charge in [0.25, 0.3) is 0 Å². The van der Waals surface area contributed by atoms with E-state index in [0.717, 1.165) is 64.2 Å². The topological polar surface area (TPSA) is 239 Å². The monoisotopic (exact) mass is 875 g/mol. The van der Waals surface area contributed by atoms with E-state index < -0.39 is 98.0 Å². The van der Waals surface area contributed by atoms with Crippen molar-refractivity contribution in [2.45, 2.75) is 231 Å². The summed E-state index contributed by atoms with van der Waals surface area (Å²) < 4.78 is 5.91. The van der Waals surface area contributed by atoms with Crippen LogP contribution in [-0.2, 0) is 23.9 Å². The molecular formula is C48H90O13. The summed E-state index contributed by atoms with van der Waals surface area (Å²) >= 11 is 0. The molecule has 4 atom stereocenters. The fourth-order valence-corrected chi connectivity index (χ4v) is 8.41. The van der Waals surface area contributed by atoms with Gasteiger partial charge in [0, 0.05) is 0 Å². The number of rotatable bonds is 46. The van der Waals surface area contributed by atoms with Crippen LogP contribution < -0.4 is 0 Å². The van der Waals surface area contributed by atoms with Crippen molar-refractivity contribution in [1.82, 2.24) is 0 Å². The number of aliphatic hydroxyl groups is 8. The lowest BCUT2D eigenvalue weighted by Crippen LogP contribution is -2.56. The molecule has 0 aromatic carbocycles. The molecule has 0 rings (SSSR count). The molecule has 0 aromatic rings. The van der Waals surface area contributed by atoms with Gasteiger partial charge in [-0.15, -0.1) is 0 Å². The molecule has 13 nitrogen and oxygen atoms in total. The summed E-state index contributed by atoms with van der Waals surface area (Å²) in [6, 6.07) is 0. The number of carbonyl (C=O) groups excluding carboxylic acids is 4. The molecule has 0 aliphatic heterocycles. The summed E-state index contributed by atoms with van der Waals surface area (Å²) in [5.41, 5.74) is -4.61. The second-order valence-electron chi connectivity index (χ2n) is 17.6. The van der Waals surface area contributed by atoms with Crippen LogP contribution in [0, 0.1) is 10.8 Å². The Bertz CT molecular complexity index is 987. The van der Waals surface area contributed by atoms with E-state index in [1.807, 2.05) is 0 Å². The molecule has 0 bridgehead atoms. The normalized spacial score (nSPS) is 15.8. The predicted octanol–water partition coefficient (Wildman–Crippen LogP) is 6.41. The molecule has 61 heavy (non-hydrogen) atoms. The van der Waals surface area contributed by atoms with Crippen LogP contribution in [0.15, 0.2) is 0 Å². The van der Waals surface area contributed by atoms with Gasteiger partial charge in [0.2, 0.25) is 0 Å². The Morgan fingerprint density at radius 3 is 0.705 bits per heavy atom. The van der Waals surface area contributed by atoms with Crippen LogP contribution in [0.2, 0.25) is 0 Å². The predicted molar refractivity (Wildman–Crippen MR) is 238 cm³/mol. The molecule has 0 aromatic heterocycles. The minimum Gasteiger partial charge on any atom is -0.393 e. The third kappa shape index (κ3) is 23.7. The summed E-state index contributed by atoms with van der Waals surface area (Å²) in [4.78, 5) is 55.2. The average Bonchev–Trinajstić information content (AvgIpc) is 3.28. The molecular weight excluding hydrogens is 785 g/mol. The van der Waals surface area contributed by atoms with Gasteiger partial charge in [-0.2, -0.15) is 0 Å². The van der Waals surface area contributed by atoms with Crippen molar-refractivity contribution in [2.75, 3.05) is 39.6 Å². The minimum absolute atomic E-state index is 0.247. The van der Waals surface area contributed by atoms with Gasteiger partial charge in [0.15, 0.2) is 23.1 Å². The van der Waals surface area contributed by atoms with E-state index in [1.54, 1.807) is 0 Å². The minimum atomic E-state index is -2.31. The summed E-state index contributed by atoms with van der Waals surface area (Å²) in [6.45, 7) is -1.52. The quantitative estimate of drug-likeness (QED) is 0.0244. The standard InChI is InChI=1S/C48H90O13/c1-3-5-7-9-11-13-15-17-19-21-23-25-27-29-31-47(43(57)39(53)33-49,44(58)40(54)34-50)37-61-38-48(45(59)41(55)35-51,46(60)42(56)36-52)32-30-28-26-24-22-20-18-16-14-12-10-8-6-4-2/h39-42,49-56H,3-38H2,1-2H3. The molecule has 0 radical (unpaired) electrons. The molecule has 8 N–H and O–H groups in total. The third-order valence-corrected chi connectivity index (χ3v) is 12.4. The largest absolute Gasteiger partial charge is 0.393 e. The fourth-order valence-electron chi connectivity index (χ4n) is 8.41. The average molecular weight is 875 g/mol. The first-order valence-electron chi connectivity index (χ1n) is 24.3. The van der Waals surface area contributed by atoms with Crippen LogP contribution in [0.4, 0.5) is 0 Å². The number of Topliss-reactive ketones (excluding diaryl/α,β-unsaturated/α-hetero) is 4. The summed E-state index contributed by atoms with van der Waals surface area (Å²) in [5, 5.41) is 81.1. The maximum Gasteiger partial charge on any atom is 0.179 e. The van der Waals surface area contributed by atoms with Crippen LogP contribution in [0.25, 0.3) is 0 Å². The Morgan fingerprint density at radius 2 is 0.525 bits per heavy atom. The lowest BCUT2D eigenvalue weighted by molar-refractivity contribution is -0.164. The van der Waals surface area contributed by atoms with E-state index in [9.17, 15) is 60.0 Å². The third-order valence-electron chi connectivity index (χ3n) is 12.4. The first-order chi connectivity index (χ1) is 29.4. The molecule has 0 spiro atoms. The second-order valence-corrected chi connectivity index (χ2v) is 17.6. The highest BCUT2D eigenvalue weighted by Crippen LogP contribution is 2.36. The molecule has 13 heteroatoms. The van der Waals surface area contributed by atoms with E-state index >= 15 is 0 Å². The van der Waals surface area contributed by atoms with E-state index in [0.29, 0.717) is 12.8 Å². The van der Waals surface area contributed by atoms with Gasteiger partial charge in [0.1, 0.15) is 35.2 Å². The van der Waals surface area contributed by atoms with Crippen molar-refractivity contribution in [1.29, 1.82) is 0 Å². The Morgan fingerprint density at radius 1 is 0.344 bits per heavy atom. The molecule has 0 fully saturated rings. The zero-order chi connectivity index (χ0) is 45.8. The first kappa shape index (κ1) is 59.3. The van der Waals surface area contributed by atoms with Gasteiger partial charge < -0.3 is 45.6 Å². The van der Waals surface area contributed by atoms with Crippen molar-refractivity contribution in [3.8, 4) is 0 Å². The van der Waals surface area contributed by atoms with E-state index in [1.165, 1.54) is 89.9 Å². The van der Waals surface area contributed by atoms with Gasteiger partial charge in [-0.25, -0.2) is 0 Å². The molecule has 0 heterocycles. The Balaban J connectivity index is 5.87. The highest BCUT2D eigenvalue weighted by Gasteiger charge is 2.53. The highest BCUT2D eigenvalue weighted by molar-refractivity contribution is 6.11. The van der Waals surface area contributed by atoms with Crippen molar-refractivity contribution in [3.63, 3.8) is 0 Å². The molecule has 0 amide bonds. The Kier molecular flexibility index (Phi) is 36.6. The van der Waals surface area contributed by atoms with Crippen molar-refractivity contribution in [3.05, 3.63) is 0 Å². The lowest BCUT2D eigenvalue weighted by atomic mass is 9.71. The number of unbranched alkanes of at least 4 members (excludes halogenated alkanes) is 26. The zero-order valence-corrected chi connectivity index (χ0v) is 38.4. The van der Waals surface area contributed by atoms with Gasteiger partial charge in [0.05, 0.1) is 39.6 Å². The number of ether oxygens (including phenoxy) is 1. The van der Waals surface area contributed by atoms with Crippen molar-refractivity contribution in [2.24, 2.45) is 10.8 Å². The number of hydrogen-bond acceptors (Lipinski definition) is 13. The Labute approximate surface area is 368 Å². The SMILES string of the molecule is CCCCCCCCCCCCCCCCC(COCC(CCCCCCCCCCCCCCCC)(C(=O)C(O)CO)C(=O)C(O)CO)(C(=O)C(O)CO)C(=O)C(O)CO. The smallest absolute Gasteiger partial charge is 0.179 e. The number of ketones is 4. The fraction of sp³-hybridized carbons (Fsp3) is 0.917. The molecule has 0 aliphatic rings. The molecule has 0 saturated heterocycles. The van der Waals surface area contributed by atoms with E-state index in [-0.39, 0.29) is 25.7 Å². The summed E-state index contributed by atoms with van der Waals surface area (Å²) in [7, 11) is 0. The molecule has 4 unspecified atom stereocenters. The number of carbonyl (C=O) groups is 4. The van der Waals surface area contributed by atoms with E-state index in [4.69, 9.17) is 4.74 Å². The summed E-state index contributed by atoms with van der Waals surface area (Å²) in [5.74, 6) is -4.65. The maximum absolute atomic E-state index is 13.8. The summed E-state index contributed by atoms with van der Waals surface area (Å²) in [6.07, 6.45) is 20.6. The molecule has 360 valence electrons. The molecule has 0 aliphatic carbocycles. The highest BCUT2D eigenvalue weighted by atomic mass is 16.5. The molecule has 0 saturated carbocycles. The van der Waals surface area contributed by atoms with Crippen LogP contribution in [0.1, 0.15) is 206 Å².